The molecule has 0 radical (unpaired) electrons. The summed E-state index contributed by atoms with van der Waals surface area (Å²) in [6.45, 7) is 11.5. The van der Waals surface area contributed by atoms with Crippen molar-refractivity contribution >= 4 is 0 Å². The van der Waals surface area contributed by atoms with Crippen LogP contribution in [0.2, 0.25) is 0 Å². The number of hydrogen-bond acceptors (Lipinski definition) is 0. The van der Waals surface area contributed by atoms with Gasteiger partial charge in [0.1, 0.15) is 0 Å². The second-order valence-electron chi connectivity index (χ2n) is 8.48. The third-order valence-corrected chi connectivity index (χ3v) is 7.79. The van der Waals surface area contributed by atoms with E-state index in [0.29, 0.717) is 5.41 Å². The molecule has 0 amide bonds. The lowest BCUT2D eigenvalue weighted by Gasteiger charge is -2.58. The molecule has 0 aromatic carbocycles. The highest BCUT2D eigenvalue weighted by molar-refractivity contribution is 5.21. The van der Waals surface area contributed by atoms with E-state index in [1.54, 1.807) is 11.1 Å². The monoisotopic (exact) mass is 270 g/mol. The minimum Gasteiger partial charge on any atom is -0.0996 e. The van der Waals surface area contributed by atoms with Crippen LogP contribution in [0.25, 0.3) is 0 Å². The first-order chi connectivity index (χ1) is 9.61. The van der Waals surface area contributed by atoms with Crippen molar-refractivity contribution < 1.29 is 0 Å². The Morgan fingerprint density at radius 1 is 0.950 bits per heavy atom. The maximum absolute atomic E-state index is 4.55. The highest BCUT2D eigenvalue weighted by atomic mass is 14.6. The third kappa shape index (κ3) is 1.66. The van der Waals surface area contributed by atoms with E-state index >= 15 is 0 Å². The molecule has 4 aliphatic carbocycles. The fraction of sp³-hybridized carbons (Fsp3) is 0.800. The zero-order valence-electron chi connectivity index (χ0n) is 13.2. The van der Waals surface area contributed by atoms with Gasteiger partial charge in [-0.25, -0.2) is 0 Å². The number of fused-ring (bicyclic) bond motifs is 5. The quantitative estimate of drug-likeness (QED) is 0.491. The Morgan fingerprint density at radius 2 is 1.80 bits per heavy atom. The van der Waals surface area contributed by atoms with Crippen molar-refractivity contribution in [1.82, 2.24) is 0 Å². The standard InChI is InChI=1S/C20H30/c1-13-7-8-16-15(13)9-10-19-17(16)12-14(2)18-6-4-5-11-20(18,19)3/h15-19H,1-2,4-12H2,3H3. The van der Waals surface area contributed by atoms with Crippen LogP contribution in [-0.2, 0) is 0 Å². The van der Waals surface area contributed by atoms with E-state index in [1.165, 1.54) is 57.8 Å². The summed E-state index contributed by atoms with van der Waals surface area (Å²) in [5, 5.41) is 0. The van der Waals surface area contributed by atoms with Crippen LogP contribution >= 0.6 is 0 Å². The molecule has 20 heavy (non-hydrogen) atoms. The average Bonchev–Trinajstić information content (AvgIpc) is 2.81. The minimum absolute atomic E-state index is 0.590. The summed E-state index contributed by atoms with van der Waals surface area (Å²) in [7, 11) is 0. The molecule has 0 heteroatoms. The van der Waals surface area contributed by atoms with E-state index in [4.69, 9.17) is 0 Å². The first kappa shape index (κ1) is 13.2. The molecule has 0 aliphatic heterocycles. The molecule has 0 bridgehead atoms. The van der Waals surface area contributed by atoms with Gasteiger partial charge in [0.2, 0.25) is 0 Å². The number of rotatable bonds is 0. The smallest absolute Gasteiger partial charge is 0.0149 e. The molecule has 110 valence electrons. The predicted octanol–water partition coefficient (Wildman–Crippen LogP) is 5.75. The lowest BCUT2D eigenvalue weighted by Crippen LogP contribution is -2.50. The molecule has 4 rings (SSSR count). The molecule has 0 heterocycles. The Labute approximate surface area is 124 Å². The summed E-state index contributed by atoms with van der Waals surface area (Å²) in [6.07, 6.45) is 12.8. The SMILES string of the molecule is C=C1CCC2C1CCC1C2CC(=C)C2CCCCC21C. The summed E-state index contributed by atoms with van der Waals surface area (Å²) < 4.78 is 0. The number of hydrogen-bond donors (Lipinski definition) is 0. The van der Waals surface area contributed by atoms with E-state index in [9.17, 15) is 0 Å². The topological polar surface area (TPSA) is 0 Å². The van der Waals surface area contributed by atoms with Gasteiger partial charge in [0, 0.05) is 0 Å². The van der Waals surface area contributed by atoms with Crippen LogP contribution in [0.15, 0.2) is 24.3 Å². The van der Waals surface area contributed by atoms with Crippen LogP contribution in [0.3, 0.4) is 0 Å². The molecule has 4 fully saturated rings. The Kier molecular flexibility index (Phi) is 2.95. The normalized spacial score (nSPS) is 51.4. The minimum atomic E-state index is 0.590. The second-order valence-corrected chi connectivity index (χ2v) is 8.48. The van der Waals surface area contributed by atoms with Crippen LogP contribution in [0.1, 0.15) is 64.7 Å². The van der Waals surface area contributed by atoms with E-state index in [0.717, 1.165) is 29.6 Å². The zero-order chi connectivity index (χ0) is 13.9. The molecule has 6 unspecified atom stereocenters. The van der Waals surface area contributed by atoms with E-state index in [-0.39, 0.29) is 0 Å². The van der Waals surface area contributed by atoms with Gasteiger partial charge in [-0.15, -0.1) is 0 Å². The van der Waals surface area contributed by atoms with Gasteiger partial charge in [0.05, 0.1) is 0 Å². The summed E-state index contributed by atoms with van der Waals surface area (Å²) >= 11 is 0. The molecule has 0 saturated heterocycles. The molecular weight excluding hydrogens is 240 g/mol. The van der Waals surface area contributed by atoms with E-state index in [2.05, 4.69) is 20.1 Å². The third-order valence-electron chi connectivity index (χ3n) is 7.79. The van der Waals surface area contributed by atoms with Crippen LogP contribution in [0, 0.1) is 35.0 Å². The van der Waals surface area contributed by atoms with Gasteiger partial charge in [-0.2, -0.15) is 0 Å². The fourth-order valence-electron chi connectivity index (χ4n) is 6.87. The highest BCUT2D eigenvalue weighted by Crippen LogP contribution is 2.64. The molecule has 0 N–H and O–H groups in total. The molecular formula is C20H30. The fourth-order valence-corrected chi connectivity index (χ4v) is 6.87. The van der Waals surface area contributed by atoms with E-state index < -0.39 is 0 Å². The van der Waals surface area contributed by atoms with E-state index in [1.807, 2.05) is 0 Å². The molecule has 0 nitrogen and oxygen atoms in total. The van der Waals surface area contributed by atoms with Crippen LogP contribution in [0.4, 0.5) is 0 Å². The van der Waals surface area contributed by atoms with Crippen LogP contribution < -0.4 is 0 Å². The first-order valence-corrected chi connectivity index (χ1v) is 8.96. The molecule has 0 spiro atoms. The van der Waals surface area contributed by atoms with Crippen molar-refractivity contribution in [2.75, 3.05) is 0 Å². The highest BCUT2D eigenvalue weighted by Gasteiger charge is 2.55. The maximum Gasteiger partial charge on any atom is -0.0149 e. The molecule has 0 aromatic heterocycles. The zero-order valence-corrected chi connectivity index (χ0v) is 13.2. The van der Waals surface area contributed by atoms with Gasteiger partial charge in [0.15, 0.2) is 0 Å². The summed E-state index contributed by atoms with van der Waals surface area (Å²) in [6, 6.07) is 0. The molecule has 4 saturated carbocycles. The van der Waals surface area contributed by atoms with Crippen molar-refractivity contribution in [3.05, 3.63) is 24.3 Å². The Bertz CT molecular complexity index is 445. The summed E-state index contributed by atoms with van der Waals surface area (Å²) in [5.74, 6) is 4.61. The van der Waals surface area contributed by atoms with Gasteiger partial charge in [0.25, 0.3) is 0 Å². The summed E-state index contributed by atoms with van der Waals surface area (Å²) in [5.41, 5.74) is 3.79. The molecule has 0 aromatic rings. The van der Waals surface area contributed by atoms with Crippen molar-refractivity contribution in [1.29, 1.82) is 0 Å². The van der Waals surface area contributed by atoms with Crippen LogP contribution in [0.5, 0.6) is 0 Å². The first-order valence-electron chi connectivity index (χ1n) is 8.96. The lowest BCUT2D eigenvalue weighted by atomic mass is 9.46. The van der Waals surface area contributed by atoms with Crippen LogP contribution in [-0.4, -0.2) is 0 Å². The number of allylic oxidation sites excluding steroid dienone is 2. The molecule has 4 aliphatic rings. The summed E-state index contributed by atoms with van der Waals surface area (Å²) in [4.78, 5) is 0. The average molecular weight is 270 g/mol. The van der Waals surface area contributed by atoms with Gasteiger partial charge >= 0.3 is 0 Å². The Morgan fingerprint density at radius 3 is 2.65 bits per heavy atom. The van der Waals surface area contributed by atoms with Crippen molar-refractivity contribution in [2.24, 2.45) is 35.0 Å². The van der Waals surface area contributed by atoms with Crippen molar-refractivity contribution in [3.63, 3.8) is 0 Å². The van der Waals surface area contributed by atoms with Gasteiger partial charge in [-0.3, -0.25) is 0 Å². The second kappa shape index (κ2) is 4.49. The van der Waals surface area contributed by atoms with Crippen molar-refractivity contribution in [2.45, 2.75) is 64.7 Å². The van der Waals surface area contributed by atoms with Gasteiger partial charge in [-0.1, -0.05) is 44.1 Å². The van der Waals surface area contributed by atoms with Gasteiger partial charge in [-0.05, 0) is 80.0 Å². The predicted molar refractivity (Wildman–Crippen MR) is 85.4 cm³/mol. The maximum atomic E-state index is 4.55. The van der Waals surface area contributed by atoms with Gasteiger partial charge < -0.3 is 0 Å². The largest absolute Gasteiger partial charge is 0.0996 e. The molecule has 6 atom stereocenters. The Balaban J connectivity index is 1.68. The van der Waals surface area contributed by atoms with Crippen molar-refractivity contribution in [3.8, 4) is 0 Å². The Hall–Kier alpha value is -0.520. The lowest BCUT2D eigenvalue weighted by molar-refractivity contribution is -0.0536.